The largest absolute Gasteiger partial charge is 0.457 e. The lowest BCUT2D eigenvalue weighted by atomic mass is 9.94. The summed E-state index contributed by atoms with van der Waals surface area (Å²) in [5.41, 5.74) is 9.97. The summed E-state index contributed by atoms with van der Waals surface area (Å²) in [5.74, 6) is 2.58. The predicted molar refractivity (Wildman–Crippen MR) is 194 cm³/mol. The van der Waals surface area contributed by atoms with Crippen LogP contribution in [0, 0.1) is 5.92 Å². The molecule has 5 heterocycles. The number of H-pyrrole nitrogens is 1. The highest BCUT2D eigenvalue weighted by molar-refractivity contribution is 5.98. The Morgan fingerprint density at radius 3 is 2.32 bits per heavy atom. The van der Waals surface area contributed by atoms with Crippen LogP contribution in [0.2, 0.25) is 0 Å². The molecule has 254 valence electrons. The molecule has 0 saturated carbocycles. The summed E-state index contributed by atoms with van der Waals surface area (Å²) in [4.78, 5) is 39.9. The second-order valence-electron chi connectivity index (χ2n) is 13.2. The summed E-state index contributed by atoms with van der Waals surface area (Å²) in [6.07, 6.45) is 7.39. The van der Waals surface area contributed by atoms with Crippen molar-refractivity contribution < 1.29 is 4.74 Å². The Kier molecular flexibility index (Phi) is 8.59. The second-order valence-corrected chi connectivity index (χ2v) is 13.2. The first-order valence-electron chi connectivity index (χ1n) is 17.2. The number of hydrogen-bond acceptors (Lipinski definition) is 9. The van der Waals surface area contributed by atoms with Gasteiger partial charge in [0.25, 0.3) is 5.56 Å². The maximum Gasteiger partial charge on any atom is 0.332 e. The van der Waals surface area contributed by atoms with Crippen LogP contribution in [0.1, 0.15) is 31.7 Å². The lowest BCUT2D eigenvalue weighted by Gasteiger charge is -2.39. The highest BCUT2D eigenvalue weighted by Gasteiger charge is 2.29. The zero-order valence-electron chi connectivity index (χ0n) is 27.7. The lowest BCUT2D eigenvalue weighted by Crippen LogP contribution is -2.43. The van der Waals surface area contributed by atoms with Gasteiger partial charge in [0.15, 0.2) is 5.65 Å². The van der Waals surface area contributed by atoms with Gasteiger partial charge in [-0.25, -0.2) is 19.4 Å². The van der Waals surface area contributed by atoms with Crippen LogP contribution in [0.25, 0.3) is 28.0 Å². The fourth-order valence-electron chi connectivity index (χ4n) is 7.34. The van der Waals surface area contributed by atoms with Crippen LogP contribution in [0.15, 0.2) is 107 Å². The number of fused-ring (bicyclic) bond motifs is 1. The lowest BCUT2D eigenvalue weighted by molar-refractivity contribution is 0.141. The first-order valence-corrected chi connectivity index (χ1v) is 17.2. The van der Waals surface area contributed by atoms with Crippen molar-refractivity contribution in [2.24, 2.45) is 5.92 Å². The molecule has 1 unspecified atom stereocenters. The van der Waals surface area contributed by atoms with Gasteiger partial charge in [-0.1, -0.05) is 18.2 Å². The molecule has 0 aliphatic carbocycles. The van der Waals surface area contributed by atoms with E-state index in [0.29, 0.717) is 11.7 Å². The summed E-state index contributed by atoms with van der Waals surface area (Å²) < 4.78 is 9.53. The molecule has 2 aliphatic heterocycles. The van der Waals surface area contributed by atoms with Gasteiger partial charge in [-0.3, -0.25) is 14.3 Å². The Balaban J connectivity index is 0.923. The molecular weight excluding hydrogens is 630 g/mol. The molecule has 2 saturated heterocycles. The van der Waals surface area contributed by atoms with E-state index in [1.165, 1.54) is 23.2 Å². The molecule has 3 N–H and O–H groups in total. The fraction of sp³-hybridized carbons (Fsp3) is 0.289. The molecule has 3 aromatic carbocycles. The summed E-state index contributed by atoms with van der Waals surface area (Å²) in [6.45, 7) is 5.02. The number of piperidine rings is 2. The molecule has 1 atom stereocenters. The van der Waals surface area contributed by atoms with E-state index < -0.39 is 11.2 Å². The van der Waals surface area contributed by atoms with Crippen LogP contribution in [0.3, 0.4) is 0 Å². The summed E-state index contributed by atoms with van der Waals surface area (Å²) in [6, 6.07) is 27.1. The molecule has 12 nitrogen and oxygen atoms in total. The highest BCUT2D eigenvalue weighted by Crippen LogP contribution is 2.35. The molecule has 0 bridgehead atoms. The van der Waals surface area contributed by atoms with Crippen LogP contribution in [-0.2, 0) is 0 Å². The number of anilines is 2. The van der Waals surface area contributed by atoms with E-state index in [9.17, 15) is 9.59 Å². The third-order valence-corrected chi connectivity index (χ3v) is 9.90. The number of aromatic amines is 1. The minimum atomic E-state index is -0.440. The predicted octanol–water partition coefficient (Wildman–Crippen LogP) is 5.26. The standard InChI is InChI=1S/C38H39N9O3/c39-36-34-35(27-8-14-32(15-9-27)50-31-6-2-1-3-7-31)43-47(37(34)41-25-40-36)30-5-4-19-44(24-30)23-26-16-20-45(21-17-26)28-10-12-29(13-11-28)46-22-18-33(48)42-38(46)49/h1-3,6-15,18,22,25-26,30H,4-5,16-17,19-21,23-24H2,(H2,39,40,41)(H,42,48,49). The minimum Gasteiger partial charge on any atom is -0.457 e. The Morgan fingerprint density at radius 1 is 0.820 bits per heavy atom. The number of benzene rings is 3. The maximum absolute atomic E-state index is 12.2. The highest BCUT2D eigenvalue weighted by atomic mass is 16.5. The van der Waals surface area contributed by atoms with Gasteiger partial charge in [-0.05, 0) is 98.8 Å². The van der Waals surface area contributed by atoms with Gasteiger partial charge in [0.05, 0.1) is 17.1 Å². The summed E-state index contributed by atoms with van der Waals surface area (Å²) in [7, 11) is 0. The third-order valence-electron chi connectivity index (χ3n) is 9.90. The van der Waals surface area contributed by atoms with Crippen molar-refractivity contribution in [1.82, 2.24) is 34.2 Å². The number of ether oxygens (including phenoxy) is 1. The van der Waals surface area contributed by atoms with E-state index >= 15 is 0 Å². The Morgan fingerprint density at radius 2 is 1.56 bits per heavy atom. The monoisotopic (exact) mass is 669 g/mol. The number of rotatable bonds is 8. The average molecular weight is 670 g/mol. The number of para-hydroxylation sites is 1. The van der Waals surface area contributed by atoms with Gasteiger partial charge in [-0.2, -0.15) is 5.10 Å². The molecule has 0 spiro atoms. The van der Waals surface area contributed by atoms with Crippen LogP contribution in [0.4, 0.5) is 11.5 Å². The molecule has 0 radical (unpaired) electrons. The molecule has 0 amide bonds. The van der Waals surface area contributed by atoms with Crippen molar-refractivity contribution in [2.75, 3.05) is 43.4 Å². The Bertz CT molecular complexity index is 2200. The van der Waals surface area contributed by atoms with Crippen molar-refractivity contribution in [3.05, 3.63) is 118 Å². The second kappa shape index (κ2) is 13.6. The smallest absolute Gasteiger partial charge is 0.332 e. The average Bonchev–Trinajstić information content (AvgIpc) is 3.54. The molecule has 50 heavy (non-hydrogen) atoms. The number of aromatic nitrogens is 6. The molecule has 2 fully saturated rings. The number of nitrogens with zero attached hydrogens (tertiary/aromatic N) is 7. The van der Waals surface area contributed by atoms with Crippen molar-refractivity contribution in [1.29, 1.82) is 0 Å². The normalized spacial score (nSPS) is 17.3. The van der Waals surface area contributed by atoms with Gasteiger partial charge >= 0.3 is 5.69 Å². The molecule has 8 rings (SSSR count). The molecule has 6 aromatic rings. The molecule has 12 heteroatoms. The molecule has 3 aromatic heterocycles. The van der Waals surface area contributed by atoms with Crippen LogP contribution in [0.5, 0.6) is 11.5 Å². The maximum atomic E-state index is 12.2. The minimum absolute atomic E-state index is 0.184. The van der Waals surface area contributed by atoms with Crippen LogP contribution in [-0.4, -0.2) is 66.9 Å². The van der Waals surface area contributed by atoms with E-state index in [1.807, 2.05) is 78.9 Å². The van der Waals surface area contributed by atoms with E-state index in [-0.39, 0.29) is 6.04 Å². The fourth-order valence-corrected chi connectivity index (χ4v) is 7.34. The van der Waals surface area contributed by atoms with E-state index in [2.05, 4.69) is 29.4 Å². The zero-order chi connectivity index (χ0) is 34.0. The van der Waals surface area contributed by atoms with Crippen LogP contribution >= 0.6 is 0 Å². The van der Waals surface area contributed by atoms with Gasteiger partial charge in [-0.15, -0.1) is 0 Å². The third kappa shape index (κ3) is 6.49. The summed E-state index contributed by atoms with van der Waals surface area (Å²) >= 11 is 0. The quantitative estimate of drug-likeness (QED) is 0.222. The SMILES string of the molecule is Nc1ncnc2c1c(-c1ccc(Oc3ccccc3)cc1)nn2C1CCCN(CC2CCN(c3ccc(-n4ccc(=O)[nH]c4=O)cc3)CC2)C1. The summed E-state index contributed by atoms with van der Waals surface area (Å²) in [5, 5.41) is 5.93. The van der Waals surface area contributed by atoms with Crippen molar-refractivity contribution in [3.8, 4) is 28.4 Å². The van der Waals surface area contributed by atoms with E-state index in [4.69, 9.17) is 15.6 Å². The number of nitrogens with one attached hydrogen (secondary N) is 1. The molecular formula is C38H39N9O3. The first-order chi connectivity index (χ1) is 24.5. The number of hydrogen-bond donors (Lipinski definition) is 2. The first kappa shape index (κ1) is 31.5. The van der Waals surface area contributed by atoms with Crippen LogP contribution < -0.4 is 26.6 Å². The number of nitrogen functional groups attached to an aromatic ring is 1. The van der Waals surface area contributed by atoms with Gasteiger partial charge in [0.2, 0.25) is 0 Å². The van der Waals surface area contributed by atoms with Gasteiger partial charge < -0.3 is 20.3 Å². The van der Waals surface area contributed by atoms with Crippen molar-refractivity contribution >= 4 is 22.5 Å². The topological polar surface area (TPSA) is 140 Å². The number of nitrogens with two attached hydrogens (primary N) is 1. The van der Waals surface area contributed by atoms with Gasteiger partial charge in [0, 0.05) is 49.7 Å². The zero-order valence-corrected chi connectivity index (χ0v) is 27.7. The van der Waals surface area contributed by atoms with Gasteiger partial charge in [0.1, 0.15) is 29.3 Å². The van der Waals surface area contributed by atoms with Crippen molar-refractivity contribution in [2.45, 2.75) is 31.7 Å². The number of likely N-dealkylation sites (tertiary alicyclic amines) is 1. The van der Waals surface area contributed by atoms with E-state index in [1.54, 1.807) is 0 Å². The van der Waals surface area contributed by atoms with E-state index in [0.717, 1.165) is 104 Å². The Hall–Kier alpha value is -5.75. The van der Waals surface area contributed by atoms with Crippen molar-refractivity contribution in [3.63, 3.8) is 0 Å². The Labute approximate surface area is 288 Å². The molecule has 2 aliphatic rings.